The van der Waals surface area contributed by atoms with Crippen molar-refractivity contribution in [1.82, 2.24) is 9.88 Å². The lowest BCUT2D eigenvalue weighted by atomic mass is 10.3. The van der Waals surface area contributed by atoms with Crippen LogP contribution in [-0.2, 0) is 0 Å². The lowest BCUT2D eigenvalue weighted by Gasteiger charge is -2.10. The van der Waals surface area contributed by atoms with Crippen molar-refractivity contribution in [3.8, 4) is 5.88 Å². The van der Waals surface area contributed by atoms with E-state index in [0.29, 0.717) is 12.5 Å². The first kappa shape index (κ1) is 14.7. The molecule has 0 unspecified atom stereocenters. The number of carboxylic acid groups (broad SMARTS) is 1. The molecule has 1 heterocycles. The van der Waals surface area contributed by atoms with Crippen molar-refractivity contribution in [2.24, 2.45) is 0 Å². The van der Waals surface area contributed by atoms with Crippen LogP contribution < -0.4 is 4.74 Å². The second-order valence-electron chi connectivity index (χ2n) is 3.34. The summed E-state index contributed by atoms with van der Waals surface area (Å²) in [6.07, 6.45) is 1.29. The minimum absolute atomic E-state index is 0. The van der Waals surface area contributed by atoms with Gasteiger partial charge in [-0.15, -0.1) is 12.4 Å². The fourth-order valence-corrected chi connectivity index (χ4v) is 0.925. The van der Waals surface area contributed by atoms with E-state index in [4.69, 9.17) is 9.84 Å². The molecule has 0 bridgehead atoms. The normalized spacial score (nSPS) is 9.69. The molecule has 0 aliphatic carbocycles. The number of hydrogen-bond donors (Lipinski definition) is 1. The molecule has 0 aromatic carbocycles. The molecule has 0 saturated heterocycles. The molecule has 1 N–H and O–H groups in total. The molecule has 1 aromatic rings. The highest BCUT2D eigenvalue weighted by Gasteiger charge is 2.03. The third-order valence-corrected chi connectivity index (χ3v) is 1.77. The summed E-state index contributed by atoms with van der Waals surface area (Å²) >= 11 is 0. The molecular formula is C10H15ClN2O3. The fourth-order valence-electron chi connectivity index (χ4n) is 0.925. The second kappa shape index (κ2) is 7.03. The molecule has 6 heteroatoms. The van der Waals surface area contributed by atoms with E-state index in [9.17, 15) is 4.79 Å². The van der Waals surface area contributed by atoms with Crippen LogP contribution in [0.2, 0.25) is 0 Å². The number of aromatic carboxylic acids is 1. The molecule has 0 aliphatic heterocycles. The van der Waals surface area contributed by atoms with Gasteiger partial charge in [-0.05, 0) is 20.2 Å². The van der Waals surface area contributed by atoms with Crippen molar-refractivity contribution in [3.63, 3.8) is 0 Å². The number of rotatable bonds is 5. The van der Waals surface area contributed by atoms with Crippen molar-refractivity contribution in [2.75, 3.05) is 27.2 Å². The van der Waals surface area contributed by atoms with Crippen LogP contribution in [0.4, 0.5) is 0 Å². The molecule has 16 heavy (non-hydrogen) atoms. The van der Waals surface area contributed by atoms with E-state index in [2.05, 4.69) is 4.98 Å². The standard InChI is InChI=1S/C10H14N2O3.ClH/c1-12(2)5-6-15-9-4-3-8(7-11-9)10(13)14;/h3-4,7H,5-6H2,1-2H3,(H,13,14);1H. The van der Waals surface area contributed by atoms with Crippen molar-refractivity contribution in [3.05, 3.63) is 23.9 Å². The molecule has 0 spiro atoms. The number of ether oxygens (including phenoxy) is 1. The van der Waals surface area contributed by atoms with Crippen LogP contribution in [0.25, 0.3) is 0 Å². The highest BCUT2D eigenvalue weighted by molar-refractivity contribution is 5.87. The van der Waals surface area contributed by atoms with Gasteiger partial charge in [-0.3, -0.25) is 0 Å². The van der Waals surface area contributed by atoms with Gasteiger partial charge < -0.3 is 14.7 Å². The van der Waals surface area contributed by atoms with Crippen LogP contribution in [0.1, 0.15) is 10.4 Å². The monoisotopic (exact) mass is 246 g/mol. The third kappa shape index (κ3) is 4.95. The topological polar surface area (TPSA) is 62.7 Å². The number of carboxylic acids is 1. The quantitative estimate of drug-likeness (QED) is 0.844. The number of halogens is 1. The van der Waals surface area contributed by atoms with Gasteiger partial charge in [0.25, 0.3) is 0 Å². The number of carbonyl (C=O) groups is 1. The van der Waals surface area contributed by atoms with Gasteiger partial charge in [-0.2, -0.15) is 0 Å². The molecule has 0 radical (unpaired) electrons. The van der Waals surface area contributed by atoms with Gasteiger partial charge in [0.1, 0.15) is 6.61 Å². The average Bonchev–Trinajstić information content (AvgIpc) is 2.18. The molecule has 0 amide bonds. The van der Waals surface area contributed by atoms with Gasteiger partial charge in [0.2, 0.25) is 5.88 Å². The first-order valence-corrected chi connectivity index (χ1v) is 4.56. The predicted octanol–water partition coefficient (Wildman–Crippen LogP) is 1.14. The van der Waals surface area contributed by atoms with Crippen molar-refractivity contribution < 1.29 is 14.6 Å². The smallest absolute Gasteiger partial charge is 0.337 e. The molecule has 1 rings (SSSR count). The van der Waals surface area contributed by atoms with Crippen LogP contribution in [0, 0.1) is 0 Å². The Kier molecular flexibility index (Phi) is 6.44. The molecule has 5 nitrogen and oxygen atoms in total. The van der Waals surface area contributed by atoms with Gasteiger partial charge >= 0.3 is 5.97 Å². The maximum Gasteiger partial charge on any atom is 0.337 e. The zero-order valence-electron chi connectivity index (χ0n) is 9.21. The van der Waals surface area contributed by atoms with Gasteiger partial charge in [0, 0.05) is 18.8 Å². The molecule has 90 valence electrons. The van der Waals surface area contributed by atoms with Crippen molar-refractivity contribution in [1.29, 1.82) is 0 Å². The maximum absolute atomic E-state index is 10.5. The summed E-state index contributed by atoms with van der Waals surface area (Å²) in [5.41, 5.74) is 0.162. The molecule has 0 atom stereocenters. The van der Waals surface area contributed by atoms with E-state index >= 15 is 0 Å². The van der Waals surface area contributed by atoms with Gasteiger partial charge in [0.15, 0.2) is 0 Å². The fraction of sp³-hybridized carbons (Fsp3) is 0.400. The van der Waals surface area contributed by atoms with E-state index in [-0.39, 0.29) is 18.0 Å². The van der Waals surface area contributed by atoms with Crippen LogP contribution in [0.5, 0.6) is 5.88 Å². The maximum atomic E-state index is 10.5. The molecule has 0 aliphatic rings. The summed E-state index contributed by atoms with van der Waals surface area (Å²) in [5, 5.41) is 8.64. The van der Waals surface area contributed by atoms with Crippen molar-refractivity contribution in [2.45, 2.75) is 0 Å². The molecule has 0 fully saturated rings. The lowest BCUT2D eigenvalue weighted by molar-refractivity contribution is 0.0696. The minimum Gasteiger partial charge on any atom is -0.478 e. The third-order valence-electron chi connectivity index (χ3n) is 1.77. The summed E-state index contributed by atoms with van der Waals surface area (Å²) in [6.45, 7) is 1.33. The zero-order valence-corrected chi connectivity index (χ0v) is 10.0. The Hall–Kier alpha value is -1.33. The Morgan fingerprint density at radius 2 is 2.19 bits per heavy atom. The SMILES string of the molecule is CN(C)CCOc1ccc(C(=O)O)cn1.Cl. The highest BCUT2D eigenvalue weighted by atomic mass is 35.5. The van der Waals surface area contributed by atoms with E-state index in [1.807, 2.05) is 19.0 Å². The number of aromatic nitrogens is 1. The van der Waals surface area contributed by atoms with Crippen LogP contribution >= 0.6 is 12.4 Å². The Balaban J connectivity index is 0.00000225. The van der Waals surface area contributed by atoms with Crippen molar-refractivity contribution >= 4 is 18.4 Å². The summed E-state index contributed by atoms with van der Waals surface area (Å²) in [5.74, 6) is -0.538. The number of nitrogens with zero attached hydrogens (tertiary/aromatic N) is 2. The van der Waals surface area contributed by atoms with Crippen LogP contribution in [0.3, 0.4) is 0 Å². The van der Waals surface area contributed by atoms with Gasteiger partial charge in [0.05, 0.1) is 5.56 Å². The Bertz CT molecular complexity index is 327. The Morgan fingerprint density at radius 1 is 1.50 bits per heavy atom. The predicted molar refractivity (Wildman–Crippen MR) is 62.5 cm³/mol. The summed E-state index contributed by atoms with van der Waals surface area (Å²) in [7, 11) is 3.90. The van der Waals surface area contributed by atoms with Gasteiger partial charge in [-0.25, -0.2) is 9.78 Å². The number of pyridine rings is 1. The number of likely N-dealkylation sites (N-methyl/N-ethyl adjacent to an activating group) is 1. The van der Waals surface area contributed by atoms with E-state index in [0.717, 1.165) is 6.54 Å². The first-order chi connectivity index (χ1) is 7.09. The Labute approximate surface area is 100 Å². The van der Waals surface area contributed by atoms with E-state index < -0.39 is 5.97 Å². The number of hydrogen-bond acceptors (Lipinski definition) is 4. The van der Waals surface area contributed by atoms with Gasteiger partial charge in [-0.1, -0.05) is 0 Å². The molecule has 0 saturated carbocycles. The van der Waals surface area contributed by atoms with E-state index in [1.54, 1.807) is 6.07 Å². The van der Waals surface area contributed by atoms with Crippen LogP contribution in [0.15, 0.2) is 18.3 Å². The zero-order chi connectivity index (χ0) is 11.3. The first-order valence-electron chi connectivity index (χ1n) is 4.56. The summed E-state index contributed by atoms with van der Waals surface area (Å²) in [4.78, 5) is 16.4. The van der Waals surface area contributed by atoms with Crippen LogP contribution in [-0.4, -0.2) is 48.2 Å². The second-order valence-corrected chi connectivity index (χ2v) is 3.34. The van der Waals surface area contributed by atoms with E-state index in [1.165, 1.54) is 12.3 Å². The largest absolute Gasteiger partial charge is 0.478 e. The summed E-state index contributed by atoms with van der Waals surface area (Å²) < 4.78 is 5.31. The Morgan fingerprint density at radius 3 is 2.62 bits per heavy atom. The highest BCUT2D eigenvalue weighted by Crippen LogP contribution is 2.07. The lowest BCUT2D eigenvalue weighted by Crippen LogP contribution is -2.19. The molecule has 1 aromatic heterocycles. The summed E-state index contributed by atoms with van der Waals surface area (Å²) in [6, 6.07) is 3.03. The molecular weight excluding hydrogens is 232 g/mol. The average molecular weight is 247 g/mol. The minimum atomic E-state index is -0.984.